The van der Waals surface area contributed by atoms with Gasteiger partial charge in [0.25, 0.3) is 5.91 Å². The van der Waals surface area contributed by atoms with Gasteiger partial charge >= 0.3 is 0 Å². The lowest BCUT2D eigenvalue weighted by Crippen LogP contribution is -2.70. The van der Waals surface area contributed by atoms with E-state index in [4.69, 9.17) is 0 Å². The molecule has 3 N–H and O–H groups in total. The summed E-state index contributed by atoms with van der Waals surface area (Å²) in [5.74, 6) is 1.03. The van der Waals surface area contributed by atoms with Gasteiger partial charge in [0, 0.05) is 30.6 Å². The Hall–Kier alpha value is -2.15. The van der Waals surface area contributed by atoms with E-state index in [0.717, 1.165) is 45.3 Å². The fourth-order valence-corrected chi connectivity index (χ4v) is 6.61. The molecule has 5 aliphatic rings. The molecule has 1 aromatic heterocycles. The molecule has 7 heteroatoms. The molecule has 5 atom stereocenters. The van der Waals surface area contributed by atoms with Gasteiger partial charge in [-0.2, -0.15) is 0 Å². The van der Waals surface area contributed by atoms with Gasteiger partial charge in [0.2, 0.25) is 5.91 Å². The predicted octanol–water partition coefficient (Wildman–Crippen LogP) is 2.36. The van der Waals surface area contributed by atoms with Crippen molar-refractivity contribution in [2.45, 2.75) is 64.1 Å². The number of anilines is 1. The molecule has 1 spiro atoms. The van der Waals surface area contributed by atoms with Crippen LogP contribution in [0.15, 0.2) is 18.3 Å². The van der Waals surface area contributed by atoms with Crippen molar-refractivity contribution in [3.05, 3.63) is 23.9 Å². The minimum absolute atomic E-state index is 0.00202. The summed E-state index contributed by atoms with van der Waals surface area (Å²) in [6, 6.07) is 4.07. The van der Waals surface area contributed by atoms with Gasteiger partial charge in [0.15, 0.2) is 0 Å². The molecule has 0 unspecified atom stereocenters. The number of pyridine rings is 1. The molecule has 2 amide bonds. The van der Waals surface area contributed by atoms with Crippen LogP contribution in [0.5, 0.6) is 0 Å². The van der Waals surface area contributed by atoms with Gasteiger partial charge in [-0.1, -0.05) is 13.8 Å². The van der Waals surface area contributed by atoms with Crippen molar-refractivity contribution in [2.75, 3.05) is 25.0 Å². The van der Waals surface area contributed by atoms with E-state index < -0.39 is 5.66 Å². The van der Waals surface area contributed by atoms with E-state index in [1.807, 2.05) is 0 Å². The SMILES string of the molecule is CCN1CCC[C@@H]1CNC(=O)[C@@H]1C[C@@H]2CC[C@]1(C)C[C@]21NC(=O)c2cccnc2N1. The molecule has 3 heterocycles. The monoisotopic (exact) mass is 411 g/mol. The Morgan fingerprint density at radius 2 is 2.23 bits per heavy atom. The molecule has 3 aliphatic carbocycles. The molecule has 1 saturated heterocycles. The van der Waals surface area contributed by atoms with Crippen LogP contribution >= 0.6 is 0 Å². The lowest BCUT2D eigenvalue weighted by atomic mass is 9.51. The van der Waals surface area contributed by atoms with Crippen LogP contribution in [-0.2, 0) is 4.79 Å². The maximum Gasteiger partial charge on any atom is 0.256 e. The van der Waals surface area contributed by atoms with E-state index in [0.29, 0.717) is 17.4 Å². The fraction of sp³-hybridized carbons (Fsp3) is 0.696. The van der Waals surface area contributed by atoms with Crippen LogP contribution in [0, 0.1) is 17.3 Å². The summed E-state index contributed by atoms with van der Waals surface area (Å²) in [7, 11) is 0. The number of carbonyl (C=O) groups excluding carboxylic acids is 2. The zero-order chi connectivity index (χ0) is 20.9. The Kier molecular flexibility index (Phi) is 4.76. The van der Waals surface area contributed by atoms with Crippen LogP contribution in [0.4, 0.5) is 5.82 Å². The Morgan fingerprint density at radius 3 is 3.03 bits per heavy atom. The predicted molar refractivity (Wildman–Crippen MR) is 115 cm³/mol. The lowest BCUT2D eigenvalue weighted by molar-refractivity contribution is -0.139. The van der Waals surface area contributed by atoms with Gasteiger partial charge in [0.1, 0.15) is 11.5 Å². The van der Waals surface area contributed by atoms with Crippen molar-refractivity contribution in [1.82, 2.24) is 20.5 Å². The number of hydrogen-bond donors (Lipinski definition) is 3. The maximum absolute atomic E-state index is 13.2. The standard InChI is InChI=1S/C23H33N5O2/c1-3-28-11-5-6-16(28)13-25-21(30)18-12-15-8-9-22(18,2)14-23(15)26-19-17(20(29)27-23)7-4-10-24-19/h4,7,10,15-16,18H,3,5-6,8-9,11-14H2,1-2H3,(H,24,26)(H,25,30)(H,27,29)/t15-,16+,18-,22+,23-/m0/s1. The molecule has 1 aromatic rings. The lowest BCUT2D eigenvalue weighted by Gasteiger charge is -2.60. The topological polar surface area (TPSA) is 86.4 Å². The average molecular weight is 412 g/mol. The zero-order valence-corrected chi connectivity index (χ0v) is 18.0. The maximum atomic E-state index is 13.2. The van der Waals surface area contributed by atoms with Crippen molar-refractivity contribution >= 4 is 17.6 Å². The van der Waals surface area contributed by atoms with Gasteiger partial charge in [-0.3, -0.25) is 14.5 Å². The Labute approximate surface area is 178 Å². The Morgan fingerprint density at radius 1 is 1.37 bits per heavy atom. The Bertz CT molecular complexity index is 860. The molecule has 2 bridgehead atoms. The van der Waals surface area contributed by atoms with E-state index in [9.17, 15) is 9.59 Å². The summed E-state index contributed by atoms with van der Waals surface area (Å²) in [5.41, 5.74) is -0.0286. The molecular formula is C23H33N5O2. The summed E-state index contributed by atoms with van der Waals surface area (Å²) in [6.07, 6.45) is 7.72. The van der Waals surface area contributed by atoms with Gasteiger partial charge in [-0.25, -0.2) is 4.98 Å². The number of nitrogens with one attached hydrogen (secondary N) is 3. The third-order valence-electron chi connectivity index (χ3n) is 8.27. The molecule has 0 radical (unpaired) electrons. The van der Waals surface area contributed by atoms with Crippen LogP contribution in [0.25, 0.3) is 0 Å². The first kappa shape index (κ1) is 19.8. The van der Waals surface area contributed by atoms with Gasteiger partial charge in [-0.15, -0.1) is 0 Å². The summed E-state index contributed by atoms with van der Waals surface area (Å²) in [5, 5.41) is 10.1. The molecule has 2 aliphatic heterocycles. The van der Waals surface area contributed by atoms with Gasteiger partial charge < -0.3 is 16.0 Å². The first-order chi connectivity index (χ1) is 14.4. The largest absolute Gasteiger partial charge is 0.354 e. The molecular weight excluding hydrogens is 378 g/mol. The smallest absolute Gasteiger partial charge is 0.256 e. The quantitative estimate of drug-likeness (QED) is 0.708. The zero-order valence-electron chi connectivity index (χ0n) is 18.0. The van der Waals surface area contributed by atoms with Crippen molar-refractivity contribution in [1.29, 1.82) is 0 Å². The number of fused-ring (bicyclic) bond motifs is 3. The normalized spacial score (nSPS) is 37.5. The van der Waals surface area contributed by atoms with E-state index in [1.54, 1.807) is 18.3 Å². The van der Waals surface area contributed by atoms with Gasteiger partial charge in [-0.05, 0) is 69.2 Å². The molecule has 4 fully saturated rings. The van der Waals surface area contributed by atoms with E-state index >= 15 is 0 Å². The van der Waals surface area contributed by atoms with Crippen molar-refractivity contribution in [3.8, 4) is 0 Å². The summed E-state index contributed by atoms with van der Waals surface area (Å²) >= 11 is 0. The minimum atomic E-state index is -0.493. The number of rotatable bonds is 4. The van der Waals surface area contributed by atoms with Crippen LogP contribution in [-0.4, -0.2) is 53.0 Å². The highest BCUT2D eigenvalue weighted by Crippen LogP contribution is 2.58. The number of amides is 2. The molecule has 0 aromatic carbocycles. The second-order valence-corrected chi connectivity index (χ2v) is 9.97. The molecule has 7 nitrogen and oxygen atoms in total. The number of aromatic nitrogens is 1. The highest BCUT2D eigenvalue weighted by Gasteiger charge is 2.60. The Balaban J connectivity index is 1.31. The summed E-state index contributed by atoms with van der Waals surface area (Å²) < 4.78 is 0. The minimum Gasteiger partial charge on any atom is -0.354 e. The highest BCUT2D eigenvalue weighted by molar-refractivity contribution is 6.01. The highest BCUT2D eigenvalue weighted by atomic mass is 16.2. The van der Waals surface area contributed by atoms with Crippen molar-refractivity contribution < 1.29 is 9.59 Å². The number of likely N-dealkylation sites (tertiary alicyclic amines) is 1. The number of nitrogens with zero attached hydrogens (tertiary/aromatic N) is 2. The second kappa shape index (κ2) is 7.22. The van der Waals surface area contributed by atoms with Crippen LogP contribution in [0.3, 0.4) is 0 Å². The fourth-order valence-electron chi connectivity index (χ4n) is 6.61. The van der Waals surface area contributed by atoms with Gasteiger partial charge in [0.05, 0.1) is 5.56 Å². The van der Waals surface area contributed by atoms with Crippen molar-refractivity contribution in [2.24, 2.45) is 17.3 Å². The van der Waals surface area contributed by atoms with E-state index in [-0.39, 0.29) is 29.1 Å². The average Bonchev–Trinajstić information content (AvgIpc) is 3.19. The number of carbonyl (C=O) groups is 2. The first-order valence-corrected chi connectivity index (χ1v) is 11.5. The van der Waals surface area contributed by atoms with Crippen LogP contribution in [0.1, 0.15) is 62.7 Å². The summed E-state index contributed by atoms with van der Waals surface area (Å²) in [4.78, 5) is 32.9. The third-order valence-corrected chi connectivity index (χ3v) is 8.27. The summed E-state index contributed by atoms with van der Waals surface area (Å²) in [6.45, 7) is 7.36. The van der Waals surface area contributed by atoms with Crippen molar-refractivity contribution in [3.63, 3.8) is 0 Å². The molecule has 6 rings (SSSR count). The third kappa shape index (κ3) is 3.09. The second-order valence-electron chi connectivity index (χ2n) is 9.97. The molecule has 30 heavy (non-hydrogen) atoms. The number of hydrogen-bond acceptors (Lipinski definition) is 5. The van der Waals surface area contributed by atoms with E-state index in [1.165, 1.54) is 12.8 Å². The molecule has 3 saturated carbocycles. The first-order valence-electron chi connectivity index (χ1n) is 11.5. The van der Waals surface area contributed by atoms with E-state index in [2.05, 4.69) is 39.7 Å². The van der Waals surface area contributed by atoms with Crippen LogP contribution < -0.4 is 16.0 Å². The number of likely N-dealkylation sites (N-methyl/N-ethyl adjacent to an activating group) is 1. The van der Waals surface area contributed by atoms with Crippen LogP contribution in [0.2, 0.25) is 0 Å². The molecule has 162 valence electrons.